The van der Waals surface area contributed by atoms with Crippen LogP contribution in [0.15, 0.2) is 103 Å². The molecule has 0 fully saturated rings. The first-order valence-electron chi connectivity index (χ1n) is 18.8. The van der Waals surface area contributed by atoms with Gasteiger partial charge in [0.15, 0.2) is 0 Å². The molecule has 8 aromatic rings. The van der Waals surface area contributed by atoms with Crippen molar-refractivity contribution in [2.24, 2.45) is 0 Å². The number of para-hydroxylation sites is 2. The zero-order valence-corrected chi connectivity index (χ0v) is 35.2. The van der Waals surface area contributed by atoms with E-state index >= 15 is 0 Å². The zero-order chi connectivity index (χ0) is 38.6. The Bertz CT molecular complexity index is 2630. The molecule has 4 nitrogen and oxygen atoms in total. The fourth-order valence-corrected chi connectivity index (χ4v) is 11.0. The molecule has 0 saturated carbocycles. The number of imidazole rings is 1. The standard InChI is InChI=1S/C26H18N3S.C18H24GeN.Ir/c1-16-14-18(15-17(2)27-16)29-23-12-5-4-11-22(23)28-26(29)21-10-7-9-20-19-8-3-6-13-24(19)30-25(20)21;1-13(2)16-11-18(15-9-7-14(3)8-10-15)20-12-17(16)19(4,5)6;/h3-9,11-15H,1-2H3;7-9,11-13H,1-6H3;/q2*-1;/i;3D3,13D;. The Morgan fingerprint density at radius 2 is 1.61 bits per heavy atom. The zero-order valence-electron chi connectivity index (χ0n) is 33.8. The van der Waals surface area contributed by atoms with Gasteiger partial charge in [-0.25, -0.2) is 0 Å². The van der Waals surface area contributed by atoms with Gasteiger partial charge in [0, 0.05) is 41.9 Å². The molecule has 7 heteroatoms. The van der Waals surface area contributed by atoms with Gasteiger partial charge in [0.1, 0.15) is 0 Å². The maximum Gasteiger partial charge on any atom is 0 e. The molecule has 0 N–H and O–H groups in total. The third-order valence-corrected chi connectivity index (χ3v) is 14.2. The van der Waals surface area contributed by atoms with E-state index in [-0.39, 0.29) is 25.7 Å². The molecule has 0 saturated heterocycles. The summed E-state index contributed by atoms with van der Waals surface area (Å²) in [6.45, 7) is 5.73. The van der Waals surface area contributed by atoms with Crippen molar-refractivity contribution < 1.29 is 25.6 Å². The van der Waals surface area contributed by atoms with Crippen molar-refractivity contribution in [3.63, 3.8) is 0 Å². The van der Waals surface area contributed by atoms with Crippen molar-refractivity contribution in [3.8, 4) is 28.3 Å². The summed E-state index contributed by atoms with van der Waals surface area (Å²) in [6.07, 6.45) is 1.91. The molecule has 0 amide bonds. The average molecular weight is 928 g/mol. The Labute approximate surface area is 327 Å². The number of benzene rings is 4. The van der Waals surface area contributed by atoms with E-state index in [1.54, 1.807) is 23.5 Å². The summed E-state index contributed by atoms with van der Waals surface area (Å²) in [4.78, 5) is 14.2. The first kappa shape index (κ1) is 31.8. The van der Waals surface area contributed by atoms with Crippen LogP contribution in [0.25, 0.3) is 59.5 Å². The Morgan fingerprint density at radius 1 is 0.863 bits per heavy atom. The molecule has 1 radical (unpaired) electrons. The van der Waals surface area contributed by atoms with Crippen LogP contribution >= 0.6 is 11.3 Å². The summed E-state index contributed by atoms with van der Waals surface area (Å²) >= 11 is -0.334. The molecular formula is C44H42GeIrN4S-2. The molecule has 8 rings (SSSR count). The molecule has 0 unspecified atom stereocenters. The van der Waals surface area contributed by atoms with Gasteiger partial charge in [-0.15, -0.1) is 18.2 Å². The normalized spacial score (nSPS) is 13.2. The van der Waals surface area contributed by atoms with E-state index in [4.69, 9.17) is 10.5 Å². The van der Waals surface area contributed by atoms with Crippen molar-refractivity contribution in [1.29, 1.82) is 0 Å². The summed E-state index contributed by atoms with van der Waals surface area (Å²) in [7, 11) is 0. The van der Waals surface area contributed by atoms with Gasteiger partial charge >= 0.3 is 131 Å². The molecule has 4 aromatic carbocycles. The largest absolute Gasteiger partial charge is 0 e. The number of rotatable bonds is 5. The first-order valence-corrected chi connectivity index (χ1v) is 24.9. The van der Waals surface area contributed by atoms with Crippen molar-refractivity contribution in [2.45, 2.75) is 57.7 Å². The molecule has 0 aliphatic heterocycles. The number of nitrogens with zero attached hydrogens (tertiary/aromatic N) is 4. The van der Waals surface area contributed by atoms with Crippen LogP contribution in [-0.2, 0) is 20.1 Å². The van der Waals surface area contributed by atoms with Gasteiger partial charge in [-0.3, -0.25) is 9.97 Å². The number of pyridine rings is 2. The summed E-state index contributed by atoms with van der Waals surface area (Å²) in [5.74, 6) is 7.10. The van der Waals surface area contributed by atoms with E-state index in [0.717, 1.165) is 56.3 Å². The van der Waals surface area contributed by atoms with Gasteiger partial charge in [-0.2, -0.15) is 11.3 Å². The molecule has 0 aliphatic rings. The number of aromatic nitrogens is 4. The maximum absolute atomic E-state index is 8.49. The molecular weight excluding hydrogens is 881 g/mol. The van der Waals surface area contributed by atoms with Gasteiger partial charge < -0.3 is 4.57 Å². The average Bonchev–Trinajstić information content (AvgIpc) is 3.69. The van der Waals surface area contributed by atoms with Gasteiger partial charge in [0.05, 0.1) is 16.9 Å². The number of thiophene rings is 1. The van der Waals surface area contributed by atoms with Crippen LogP contribution in [0.4, 0.5) is 0 Å². The van der Waals surface area contributed by atoms with Crippen LogP contribution in [0.5, 0.6) is 0 Å². The molecule has 0 spiro atoms. The summed E-state index contributed by atoms with van der Waals surface area (Å²) in [5.41, 5.74) is 8.94. The number of hydrogen-bond donors (Lipinski definition) is 0. The van der Waals surface area contributed by atoms with Crippen molar-refractivity contribution in [2.75, 3.05) is 0 Å². The van der Waals surface area contributed by atoms with Crippen LogP contribution in [0, 0.1) is 32.8 Å². The molecule has 51 heavy (non-hydrogen) atoms. The smallest absolute Gasteiger partial charge is 0 e. The monoisotopic (exact) mass is 929 g/mol. The van der Waals surface area contributed by atoms with Crippen LogP contribution in [0.2, 0.25) is 17.3 Å². The number of aryl methyl sites for hydroxylation is 3. The fraction of sp³-hybridized carbons (Fsp3) is 0.205. The van der Waals surface area contributed by atoms with Crippen molar-refractivity contribution in [1.82, 2.24) is 19.5 Å². The molecule has 0 bridgehead atoms. The van der Waals surface area contributed by atoms with E-state index in [2.05, 4.69) is 105 Å². The second-order valence-corrected chi connectivity index (χ2v) is 25.5. The minimum absolute atomic E-state index is 0. The summed E-state index contributed by atoms with van der Waals surface area (Å²) < 4.78 is 36.8. The predicted octanol–water partition coefficient (Wildman–Crippen LogP) is 11.4. The van der Waals surface area contributed by atoms with E-state index in [0.29, 0.717) is 0 Å². The number of hydrogen-bond acceptors (Lipinski definition) is 4. The SMILES string of the molecule is Cc1cc(-n2c(-c3[c-]ccc4c3sc3ccccc34)nc3ccccc32)cc(C)n1.[2H]C([2H])([2H])c1c[c-]c(-c2cc(C([2H])(C)C)[c]([Ge]([CH3])([CH3])[CH3])cn2)cc1.[Ir]. The maximum atomic E-state index is 8.49. The van der Waals surface area contributed by atoms with E-state index < -0.39 is 26.0 Å². The Kier molecular flexibility index (Phi) is 9.32. The molecule has 0 atom stereocenters. The van der Waals surface area contributed by atoms with Crippen LogP contribution in [0.1, 0.15) is 47.7 Å². The topological polar surface area (TPSA) is 43.6 Å². The van der Waals surface area contributed by atoms with E-state index in [9.17, 15) is 0 Å². The van der Waals surface area contributed by atoms with Crippen molar-refractivity contribution in [3.05, 3.63) is 138 Å². The molecule has 0 aliphatic carbocycles. The second-order valence-electron chi connectivity index (χ2n) is 13.9. The Morgan fingerprint density at radius 3 is 2.31 bits per heavy atom. The molecule has 259 valence electrons. The van der Waals surface area contributed by atoms with Gasteiger partial charge in [0.25, 0.3) is 0 Å². The minimum atomic E-state index is -2.14. The third-order valence-electron chi connectivity index (χ3n) is 8.79. The quantitative estimate of drug-likeness (QED) is 0.128. The minimum Gasteiger partial charge on any atom is 0 e. The molecule has 4 heterocycles. The summed E-state index contributed by atoms with van der Waals surface area (Å²) in [6, 6.07) is 38.6. The third kappa shape index (κ3) is 7.52. The first-order chi connectivity index (χ1) is 25.5. The second kappa shape index (κ2) is 15.0. The van der Waals surface area contributed by atoms with E-state index in [1.807, 2.05) is 52.1 Å². The van der Waals surface area contributed by atoms with E-state index in [1.165, 1.54) is 30.6 Å². The predicted molar refractivity (Wildman–Crippen MR) is 216 cm³/mol. The van der Waals surface area contributed by atoms with Gasteiger partial charge in [-0.05, 0) is 54.3 Å². The summed E-state index contributed by atoms with van der Waals surface area (Å²) in [5, 5.41) is 2.54. The Hall–Kier alpha value is -3.94. The van der Waals surface area contributed by atoms with Crippen LogP contribution < -0.4 is 4.40 Å². The van der Waals surface area contributed by atoms with Crippen LogP contribution in [-0.4, -0.2) is 32.8 Å². The van der Waals surface area contributed by atoms with Crippen LogP contribution in [0.3, 0.4) is 0 Å². The Balaban J connectivity index is 0.000000189. The number of fused-ring (bicyclic) bond motifs is 4. The van der Waals surface area contributed by atoms with Crippen molar-refractivity contribution >= 4 is 60.2 Å². The van der Waals surface area contributed by atoms with Gasteiger partial charge in [0.2, 0.25) is 0 Å². The van der Waals surface area contributed by atoms with Gasteiger partial charge in [-0.1, -0.05) is 41.3 Å². The molecule has 4 aromatic heterocycles. The fourth-order valence-electron chi connectivity index (χ4n) is 6.45.